The normalized spacial score (nSPS) is 19.9. The van der Waals surface area contributed by atoms with Gasteiger partial charge in [0.15, 0.2) is 0 Å². The van der Waals surface area contributed by atoms with E-state index in [1.807, 2.05) is 0 Å². The van der Waals surface area contributed by atoms with Gasteiger partial charge >= 0.3 is 0 Å². The van der Waals surface area contributed by atoms with Crippen molar-refractivity contribution in [2.24, 2.45) is 11.7 Å². The molecule has 4 nitrogen and oxygen atoms in total. The van der Waals surface area contributed by atoms with Crippen LogP contribution in [0.15, 0.2) is 0 Å². The van der Waals surface area contributed by atoms with E-state index in [2.05, 4.69) is 5.32 Å². The van der Waals surface area contributed by atoms with E-state index in [-0.39, 0.29) is 18.6 Å². The van der Waals surface area contributed by atoms with E-state index in [1.54, 1.807) is 0 Å². The lowest BCUT2D eigenvalue weighted by Crippen LogP contribution is -2.47. The minimum absolute atomic E-state index is 0.0569. The largest absolute Gasteiger partial charge is 0.375 e. The molecule has 3 N–H and O–H groups in total. The first-order valence-corrected chi connectivity index (χ1v) is 5.76. The van der Waals surface area contributed by atoms with Gasteiger partial charge in [0, 0.05) is 19.7 Å². The Balaban J connectivity index is 2.36. The second-order valence-corrected chi connectivity index (χ2v) is 4.24. The average Bonchev–Trinajstić information content (AvgIpc) is 2.27. The number of carbonyl (C=O) groups is 1. The Bertz CT molecular complexity index is 191. The quantitative estimate of drug-likeness (QED) is 0.706. The van der Waals surface area contributed by atoms with Gasteiger partial charge in [0.05, 0.1) is 0 Å². The zero-order valence-electron chi connectivity index (χ0n) is 9.50. The van der Waals surface area contributed by atoms with Crippen molar-refractivity contribution in [3.05, 3.63) is 0 Å². The fourth-order valence-corrected chi connectivity index (χ4v) is 2.29. The minimum atomic E-state index is -0.0569. The van der Waals surface area contributed by atoms with Crippen molar-refractivity contribution in [3.63, 3.8) is 0 Å². The van der Waals surface area contributed by atoms with Crippen molar-refractivity contribution in [1.29, 1.82) is 0 Å². The van der Waals surface area contributed by atoms with Crippen molar-refractivity contribution in [1.82, 2.24) is 5.32 Å². The first-order valence-electron chi connectivity index (χ1n) is 5.76. The summed E-state index contributed by atoms with van der Waals surface area (Å²) in [5, 5.41) is 2.95. The molecule has 4 heteroatoms. The topological polar surface area (TPSA) is 64.3 Å². The molecule has 1 aliphatic carbocycles. The molecule has 0 bridgehead atoms. The molecule has 0 aliphatic heterocycles. The summed E-state index contributed by atoms with van der Waals surface area (Å²) in [5.74, 6) is 0.503. The predicted molar refractivity (Wildman–Crippen MR) is 59.4 cm³/mol. The third kappa shape index (κ3) is 4.18. The molecule has 1 aliphatic rings. The maximum atomic E-state index is 11.4. The van der Waals surface area contributed by atoms with Gasteiger partial charge in [-0.15, -0.1) is 0 Å². The lowest BCUT2D eigenvalue weighted by atomic mass is 9.84. The summed E-state index contributed by atoms with van der Waals surface area (Å²) in [6.45, 7) is 0.656. The van der Waals surface area contributed by atoms with Crippen LogP contribution >= 0.6 is 0 Å². The van der Waals surface area contributed by atoms with Crippen LogP contribution in [-0.4, -0.2) is 32.2 Å². The van der Waals surface area contributed by atoms with E-state index in [9.17, 15) is 4.79 Å². The number of nitrogens with two attached hydrogens (primary N) is 1. The Kier molecular flexibility index (Phi) is 5.65. The molecule has 1 fully saturated rings. The summed E-state index contributed by atoms with van der Waals surface area (Å²) < 4.78 is 4.78. The van der Waals surface area contributed by atoms with Crippen molar-refractivity contribution < 1.29 is 9.53 Å². The van der Waals surface area contributed by atoms with E-state index in [0.717, 1.165) is 0 Å². The highest BCUT2D eigenvalue weighted by molar-refractivity contribution is 5.77. The number of carbonyl (C=O) groups excluding carboxylic acids is 1. The first kappa shape index (κ1) is 12.5. The molecule has 1 rings (SSSR count). The van der Waals surface area contributed by atoms with Crippen LogP contribution in [0.25, 0.3) is 0 Å². The summed E-state index contributed by atoms with van der Waals surface area (Å²) in [6, 6.07) is 0.132. The molecule has 0 aromatic heterocycles. The van der Waals surface area contributed by atoms with Gasteiger partial charge in [-0.25, -0.2) is 0 Å². The summed E-state index contributed by atoms with van der Waals surface area (Å²) in [7, 11) is 1.53. The van der Waals surface area contributed by atoms with Gasteiger partial charge in [-0.3, -0.25) is 4.79 Å². The van der Waals surface area contributed by atoms with Crippen molar-refractivity contribution in [2.45, 2.75) is 38.1 Å². The molecule has 1 unspecified atom stereocenters. The fraction of sp³-hybridized carbons (Fsp3) is 0.909. The molecule has 0 saturated heterocycles. The van der Waals surface area contributed by atoms with Gasteiger partial charge in [-0.05, 0) is 18.8 Å². The standard InChI is InChI=1S/C11H22N2O2/c1-15-8-11(14)13-10(7-12)9-5-3-2-4-6-9/h9-10H,2-8,12H2,1H3,(H,13,14). The average molecular weight is 214 g/mol. The number of hydrogen-bond acceptors (Lipinski definition) is 3. The highest BCUT2D eigenvalue weighted by Crippen LogP contribution is 2.26. The lowest BCUT2D eigenvalue weighted by molar-refractivity contribution is -0.125. The van der Waals surface area contributed by atoms with Crippen LogP contribution in [-0.2, 0) is 9.53 Å². The van der Waals surface area contributed by atoms with Crippen molar-refractivity contribution in [3.8, 4) is 0 Å². The Hall–Kier alpha value is -0.610. The number of nitrogens with one attached hydrogen (secondary N) is 1. The smallest absolute Gasteiger partial charge is 0.246 e. The highest BCUT2D eigenvalue weighted by Gasteiger charge is 2.23. The van der Waals surface area contributed by atoms with Gasteiger partial charge in [-0.2, -0.15) is 0 Å². The second-order valence-electron chi connectivity index (χ2n) is 4.24. The maximum absolute atomic E-state index is 11.4. The van der Waals surface area contributed by atoms with Crippen molar-refractivity contribution >= 4 is 5.91 Å². The highest BCUT2D eigenvalue weighted by atomic mass is 16.5. The molecule has 88 valence electrons. The Morgan fingerprint density at radius 1 is 1.47 bits per heavy atom. The number of hydrogen-bond donors (Lipinski definition) is 2. The number of ether oxygens (including phenoxy) is 1. The minimum Gasteiger partial charge on any atom is -0.375 e. The van der Waals surface area contributed by atoms with E-state index < -0.39 is 0 Å². The van der Waals surface area contributed by atoms with Crippen LogP contribution in [0.1, 0.15) is 32.1 Å². The molecule has 1 amide bonds. The van der Waals surface area contributed by atoms with Gasteiger partial charge in [0.1, 0.15) is 6.61 Å². The summed E-state index contributed by atoms with van der Waals surface area (Å²) in [5.41, 5.74) is 5.69. The summed E-state index contributed by atoms with van der Waals surface area (Å²) >= 11 is 0. The molecule has 1 atom stereocenters. The van der Waals surface area contributed by atoms with Gasteiger partial charge in [-0.1, -0.05) is 19.3 Å². The van der Waals surface area contributed by atoms with E-state index in [4.69, 9.17) is 10.5 Å². The second kappa shape index (κ2) is 6.80. The predicted octanol–water partition coefficient (Wildman–Crippen LogP) is 0.657. The van der Waals surface area contributed by atoms with Crippen LogP contribution in [0, 0.1) is 5.92 Å². The lowest BCUT2D eigenvalue weighted by Gasteiger charge is -2.29. The maximum Gasteiger partial charge on any atom is 0.246 e. The van der Waals surface area contributed by atoms with Crippen LogP contribution in [0.4, 0.5) is 0 Å². The Labute approximate surface area is 91.5 Å². The van der Waals surface area contributed by atoms with Crippen LogP contribution in [0.3, 0.4) is 0 Å². The van der Waals surface area contributed by atoms with Crippen LogP contribution in [0.5, 0.6) is 0 Å². The molecule has 0 aromatic carbocycles. The van der Waals surface area contributed by atoms with Gasteiger partial charge in [0.2, 0.25) is 5.91 Å². The third-order valence-corrected chi connectivity index (χ3v) is 3.09. The summed E-state index contributed by atoms with van der Waals surface area (Å²) in [4.78, 5) is 11.4. The van der Waals surface area contributed by atoms with E-state index in [0.29, 0.717) is 12.5 Å². The van der Waals surface area contributed by atoms with E-state index >= 15 is 0 Å². The van der Waals surface area contributed by atoms with Crippen LogP contribution < -0.4 is 11.1 Å². The van der Waals surface area contributed by atoms with E-state index in [1.165, 1.54) is 39.2 Å². The SMILES string of the molecule is COCC(=O)NC(CN)C1CCCCC1. The fourth-order valence-electron chi connectivity index (χ4n) is 2.29. The summed E-state index contributed by atoms with van der Waals surface area (Å²) in [6.07, 6.45) is 6.23. The van der Waals surface area contributed by atoms with Gasteiger partial charge in [0.25, 0.3) is 0 Å². The zero-order chi connectivity index (χ0) is 11.1. The first-order chi connectivity index (χ1) is 7.27. The number of methoxy groups -OCH3 is 1. The van der Waals surface area contributed by atoms with Crippen molar-refractivity contribution in [2.75, 3.05) is 20.3 Å². The monoisotopic (exact) mass is 214 g/mol. The number of amides is 1. The Morgan fingerprint density at radius 2 is 2.13 bits per heavy atom. The molecule has 0 radical (unpaired) electrons. The molecule has 0 aromatic rings. The molecule has 15 heavy (non-hydrogen) atoms. The number of rotatable bonds is 5. The Morgan fingerprint density at radius 3 is 2.67 bits per heavy atom. The molecular weight excluding hydrogens is 192 g/mol. The molecule has 0 heterocycles. The molecular formula is C11H22N2O2. The molecule has 0 spiro atoms. The zero-order valence-corrected chi connectivity index (χ0v) is 9.50. The molecule has 1 saturated carbocycles. The third-order valence-electron chi connectivity index (χ3n) is 3.09. The van der Waals surface area contributed by atoms with Crippen LogP contribution in [0.2, 0.25) is 0 Å². The van der Waals surface area contributed by atoms with Gasteiger partial charge < -0.3 is 15.8 Å².